The van der Waals surface area contributed by atoms with E-state index in [1.54, 1.807) is 25.1 Å². The molecule has 6 heteroatoms. The molecule has 0 radical (unpaired) electrons. The van der Waals surface area contributed by atoms with E-state index >= 15 is 0 Å². The van der Waals surface area contributed by atoms with Crippen LogP contribution in [0.3, 0.4) is 0 Å². The third-order valence-corrected chi connectivity index (χ3v) is 5.95. The van der Waals surface area contributed by atoms with Gasteiger partial charge < -0.3 is 5.73 Å². The van der Waals surface area contributed by atoms with Gasteiger partial charge in [-0.1, -0.05) is 6.92 Å². The molecule has 0 saturated carbocycles. The zero-order chi connectivity index (χ0) is 13.1. The van der Waals surface area contributed by atoms with Gasteiger partial charge in [-0.25, -0.2) is 8.42 Å². The standard InChI is InChI=1S/C11H17NO3S2/c1-3-17(14,15)7-6-16(13)11-5-4-10(12)8-9(11)2/h4-5,8H,3,6-7,12H2,1-2H3. The summed E-state index contributed by atoms with van der Waals surface area (Å²) in [6.45, 7) is 3.41. The Hall–Kier alpha value is -0.880. The molecule has 17 heavy (non-hydrogen) atoms. The number of aryl methyl sites for hydroxylation is 1. The van der Waals surface area contributed by atoms with Crippen molar-refractivity contribution in [2.45, 2.75) is 18.7 Å². The lowest BCUT2D eigenvalue weighted by Gasteiger charge is -2.06. The summed E-state index contributed by atoms with van der Waals surface area (Å²) < 4.78 is 34.6. The molecule has 0 aliphatic carbocycles. The second kappa shape index (κ2) is 5.64. The predicted molar refractivity (Wildman–Crippen MR) is 71.2 cm³/mol. The van der Waals surface area contributed by atoms with Crippen LogP contribution < -0.4 is 5.73 Å². The number of hydrogen-bond donors (Lipinski definition) is 1. The molecule has 1 aromatic rings. The van der Waals surface area contributed by atoms with Crippen LogP contribution in [0.25, 0.3) is 0 Å². The van der Waals surface area contributed by atoms with Gasteiger partial charge in [-0.3, -0.25) is 4.21 Å². The van der Waals surface area contributed by atoms with E-state index in [9.17, 15) is 12.6 Å². The smallest absolute Gasteiger partial charge is 0.150 e. The van der Waals surface area contributed by atoms with Crippen LogP contribution in [0, 0.1) is 6.92 Å². The van der Waals surface area contributed by atoms with Crippen LogP contribution in [0.15, 0.2) is 23.1 Å². The molecule has 0 saturated heterocycles. The number of anilines is 1. The van der Waals surface area contributed by atoms with Gasteiger partial charge in [-0.05, 0) is 30.7 Å². The van der Waals surface area contributed by atoms with Crippen molar-refractivity contribution >= 4 is 26.3 Å². The van der Waals surface area contributed by atoms with Crippen LogP contribution in [-0.2, 0) is 20.6 Å². The van der Waals surface area contributed by atoms with Crippen molar-refractivity contribution in [3.63, 3.8) is 0 Å². The summed E-state index contributed by atoms with van der Waals surface area (Å²) in [5, 5.41) is 0. The Labute approximate surface area is 105 Å². The molecular weight excluding hydrogens is 258 g/mol. The number of sulfone groups is 1. The minimum atomic E-state index is -3.06. The highest BCUT2D eigenvalue weighted by molar-refractivity contribution is 7.93. The Morgan fingerprint density at radius 2 is 2.00 bits per heavy atom. The van der Waals surface area contributed by atoms with Crippen molar-refractivity contribution in [2.75, 3.05) is 23.0 Å². The number of rotatable bonds is 5. The lowest BCUT2D eigenvalue weighted by Crippen LogP contribution is -2.15. The highest BCUT2D eigenvalue weighted by atomic mass is 32.2. The molecule has 1 unspecified atom stereocenters. The number of hydrogen-bond acceptors (Lipinski definition) is 4. The molecule has 2 N–H and O–H groups in total. The fourth-order valence-corrected chi connectivity index (χ4v) is 4.15. The normalized spacial score (nSPS) is 13.5. The zero-order valence-corrected chi connectivity index (χ0v) is 11.6. The molecule has 4 nitrogen and oxygen atoms in total. The van der Waals surface area contributed by atoms with Crippen molar-refractivity contribution in [3.05, 3.63) is 23.8 Å². The molecule has 1 rings (SSSR count). The lowest BCUT2D eigenvalue weighted by molar-refractivity contribution is 0.598. The van der Waals surface area contributed by atoms with Crippen LogP contribution in [0.4, 0.5) is 5.69 Å². The van der Waals surface area contributed by atoms with Crippen LogP contribution in [0.1, 0.15) is 12.5 Å². The van der Waals surface area contributed by atoms with Gasteiger partial charge in [-0.2, -0.15) is 0 Å². The molecule has 0 aliphatic heterocycles. The van der Waals surface area contributed by atoms with Crippen molar-refractivity contribution in [2.24, 2.45) is 0 Å². The summed E-state index contributed by atoms with van der Waals surface area (Å²) in [5.41, 5.74) is 7.04. The Bertz CT molecular complexity index is 524. The molecular formula is C11H17NO3S2. The van der Waals surface area contributed by atoms with Crippen molar-refractivity contribution in [1.29, 1.82) is 0 Å². The lowest BCUT2D eigenvalue weighted by atomic mass is 10.2. The summed E-state index contributed by atoms with van der Waals surface area (Å²) in [7, 11) is -4.35. The van der Waals surface area contributed by atoms with E-state index in [-0.39, 0.29) is 17.3 Å². The quantitative estimate of drug-likeness (QED) is 0.817. The predicted octanol–water partition coefficient (Wildman–Crippen LogP) is 1.12. The average Bonchev–Trinajstić information content (AvgIpc) is 2.26. The number of nitrogens with two attached hydrogens (primary N) is 1. The van der Waals surface area contributed by atoms with Gasteiger partial charge in [0.2, 0.25) is 0 Å². The van der Waals surface area contributed by atoms with Crippen molar-refractivity contribution in [1.82, 2.24) is 0 Å². The Morgan fingerprint density at radius 1 is 1.35 bits per heavy atom. The monoisotopic (exact) mass is 275 g/mol. The molecule has 96 valence electrons. The van der Waals surface area contributed by atoms with Gasteiger partial charge in [0.1, 0.15) is 0 Å². The summed E-state index contributed by atoms with van der Waals surface area (Å²) >= 11 is 0. The first-order valence-electron chi connectivity index (χ1n) is 5.30. The van der Waals surface area contributed by atoms with Gasteiger partial charge in [0.15, 0.2) is 9.84 Å². The first-order chi connectivity index (χ1) is 7.85. The third kappa shape index (κ3) is 4.12. The van der Waals surface area contributed by atoms with Crippen LogP contribution >= 0.6 is 0 Å². The minimum absolute atomic E-state index is 0.0417. The van der Waals surface area contributed by atoms with E-state index in [0.717, 1.165) is 5.56 Å². The van der Waals surface area contributed by atoms with E-state index < -0.39 is 20.6 Å². The average molecular weight is 275 g/mol. The highest BCUT2D eigenvalue weighted by Crippen LogP contribution is 2.16. The van der Waals surface area contributed by atoms with Gasteiger partial charge in [0, 0.05) is 22.1 Å². The number of nitrogen functional groups attached to an aromatic ring is 1. The fraction of sp³-hybridized carbons (Fsp3) is 0.455. The summed E-state index contributed by atoms with van der Waals surface area (Å²) in [6, 6.07) is 5.11. The molecule has 0 aliphatic rings. The van der Waals surface area contributed by atoms with E-state index in [4.69, 9.17) is 5.73 Å². The maximum Gasteiger partial charge on any atom is 0.150 e. The van der Waals surface area contributed by atoms with Crippen LogP contribution in [0.5, 0.6) is 0 Å². The van der Waals surface area contributed by atoms with Gasteiger partial charge >= 0.3 is 0 Å². The largest absolute Gasteiger partial charge is 0.399 e. The van der Waals surface area contributed by atoms with E-state index in [0.29, 0.717) is 10.6 Å². The van der Waals surface area contributed by atoms with Gasteiger partial charge in [-0.15, -0.1) is 0 Å². The molecule has 0 fully saturated rings. The first-order valence-corrected chi connectivity index (χ1v) is 8.44. The van der Waals surface area contributed by atoms with Crippen molar-refractivity contribution in [3.8, 4) is 0 Å². The van der Waals surface area contributed by atoms with Crippen LogP contribution in [-0.4, -0.2) is 29.9 Å². The minimum Gasteiger partial charge on any atom is -0.399 e. The molecule has 0 amide bonds. The summed E-state index contributed by atoms with van der Waals surface area (Å²) in [6.07, 6.45) is 0. The third-order valence-electron chi connectivity index (χ3n) is 2.46. The Morgan fingerprint density at radius 3 is 2.53 bits per heavy atom. The van der Waals surface area contributed by atoms with Crippen LogP contribution in [0.2, 0.25) is 0 Å². The highest BCUT2D eigenvalue weighted by Gasteiger charge is 2.13. The Balaban J connectivity index is 2.78. The maximum atomic E-state index is 11.9. The second-order valence-electron chi connectivity index (χ2n) is 3.81. The summed E-state index contributed by atoms with van der Waals surface area (Å²) in [4.78, 5) is 0.658. The van der Waals surface area contributed by atoms with E-state index in [1.807, 2.05) is 6.92 Å². The number of benzene rings is 1. The molecule has 1 atom stereocenters. The summed E-state index contributed by atoms with van der Waals surface area (Å²) in [5.74, 6) is 0.186. The first kappa shape index (κ1) is 14.2. The van der Waals surface area contributed by atoms with Gasteiger partial charge in [0.25, 0.3) is 0 Å². The molecule has 0 aromatic heterocycles. The molecule has 1 aromatic carbocycles. The Kier molecular flexibility index (Phi) is 4.70. The van der Waals surface area contributed by atoms with Crippen molar-refractivity contribution < 1.29 is 12.6 Å². The van der Waals surface area contributed by atoms with E-state index in [2.05, 4.69) is 0 Å². The zero-order valence-electron chi connectivity index (χ0n) is 9.97. The maximum absolute atomic E-state index is 11.9. The molecule has 0 heterocycles. The topological polar surface area (TPSA) is 77.2 Å². The molecule has 0 spiro atoms. The fourth-order valence-electron chi connectivity index (χ4n) is 1.38. The SMILES string of the molecule is CCS(=O)(=O)CCS(=O)c1ccc(N)cc1C. The van der Waals surface area contributed by atoms with Gasteiger partial charge in [0.05, 0.1) is 16.6 Å². The molecule has 0 bridgehead atoms. The van der Waals surface area contributed by atoms with E-state index in [1.165, 1.54) is 0 Å². The second-order valence-corrected chi connectivity index (χ2v) is 7.82.